The molecular formula is C24H13N3O. The molecule has 0 saturated heterocycles. The van der Waals surface area contributed by atoms with E-state index in [1.54, 1.807) is 18.3 Å². The number of rotatable bonds is 1. The first kappa shape index (κ1) is 15.2. The van der Waals surface area contributed by atoms with Crippen LogP contribution in [-0.2, 0) is 0 Å². The summed E-state index contributed by atoms with van der Waals surface area (Å²) < 4.78 is 0. The van der Waals surface area contributed by atoms with Crippen molar-refractivity contribution in [2.75, 3.05) is 0 Å². The summed E-state index contributed by atoms with van der Waals surface area (Å²) in [5.74, 6) is -0.0967. The standard InChI is InChI=1S/C24H13N3O/c28-24-16-10-6-12-25-21(16)22-20-17(13-19(27-22)14-7-2-1-3-8-14)15-9-4-5-11-18(15)26-23(20)24/h1-13H. The maximum Gasteiger partial charge on any atom is 0.214 e. The van der Waals surface area contributed by atoms with Crippen molar-refractivity contribution >= 4 is 27.5 Å². The Morgan fingerprint density at radius 1 is 0.679 bits per heavy atom. The molecule has 0 N–H and O–H groups in total. The van der Waals surface area contributed by atoms with Crippen LogP contribution in [0.1, 0.15) is 16.1 Å². The summed E-state index contributed by atoms with van der Waals surface area (Å²) in [5, 5.41) is 2.78. The first-order valence-electron chi connectivity index (χ1n) is 9.10. The number of aromatic nitrogens is 3. The van der Waals surface area contributed by atoms with Gasteiger partial charge in [-0.25, -0.2) is 9.97 Å². The van der Waals surface area contributed by atoms with E-state index in [0.29, 0.717) is 17.0 Å². The smallest absolute Gasteiger partial charge is 0.214 e. The molecule has 6 rings (SSSR count). The molecule has 4 heteroatoms. The Bertz CT molecular complexity index is 1420. The van der Waals surface area contributed by atoms with Crippen LogP contribution in [0.4, 0.5) is 0 Å². The summed E-state index contributed by atoms with van der Waals surface area (Å²) in [6.45, 7) is 0. The van der Waals surface area contributed by atoms with Crippen LogP contribution >= 0.6 is 0 Å². The van der Waals surface area contributed by atoms with Crippen molar-refractivity contribution < 1.29 is 4.79 Å². The minimum atomic E-state index is -0.0967. The van der Waals surface area contributed by atoms with E-state index in [9.17, 15) is 4.79 Å². The van der Waals surface area contributed by atoms with Crippen LogP contribution in [0, 0.1) is 0 Å². The molecule has 1 aliphatic rings. The molecule has 28 heavy (non-hydrogen) atoms. The highest BCUT2D eigenvalue weighted by Gasteiger charge is 2.30. The number of hydrogen-bond acceptors (Lipinski definition) is 4. The second kappa shape index (κ2) is 5.54. The van der Waals surface area contributed by atoms with Gasteiger partial charge < -0.3 is 0 Å². The fourth-order valence-corrected chi connectivity index (χ4v) is 3.97. The van der Waals surface area contributed by atoms with E-state index in [1.165, 1.54) is 0 Å². The molecule has 5 aromatic rings. The van der Waals surface area contributed by atoms with Gasteiger partial charge in [-0.15, -0.1) is 0 Å². The van der Waals surface area contributed by atoms with E-state index in [0.717, 1.165) is 38.6 Å². The molecule has 0 spiro atoms. The molecule has 0 radical (unpaired) electrons. The molecular weight excluding hydrogens is 346 g/mol. The van der Waals surface area contributed by atoms with Crippen molar-refractivity contribution in [2.24, 2.45) is 0 Å². The Morgan fingerprint density at radius 2 is 1.50 bits per heavy atom. The van der Waals surface area contributed by atoms with Gasteiger partial charge in [0, 0.05) is 22.5 Å². The lowest BCUT2D eigenvalue weighted by molar-refractivity contribution is 0.103. The van der Waals surface area contributed by atoms with Gasteiger partial charge >= 0.3 is 0 Å². The van der Waals surface area contributed by atoms with E-state index >= 15 is 0 Å². The second-order valence-electron chi connectivity index (χ2n) is 6.85. The van der Waals surface area contributed by atoms with Gasteiger partial charge in [-0.3, -0.25) is 9.78 Å². The summed E-state index contributed by atoms with van der Waals surface area (Å²) >= 11 is 0. The van der Waals surface area contributed by atoms with Gasteiger partial charge in [0.25, 0.3) is 0 Å². The third-order valence-corrected chi connectivity index (χ3v) is 5.24. The van der Waals surface area contributed by atoms with Gasteiger partial charge in [-0.1, -0.05) is 48.5 Å². The van der Waals surface area contributed by atoms with Gasteiger partial charge in [0.1, 0.15) is 17.1 Å². The highest BCUT2D eigenvalue weighted by Crippen LogP contribution is 2.40. The number of para-hydroxylation sites is 1. The van der Waals surface area contributed by atoms with Crippen molar-refractivity contribution in [3.05, 3.63) is 90.3 Å². The fraction of sp³-hybridized carbons (Fsp3) is 0. The zero-order valence-corrected chi connectivity index (χ0v) is 14.8. The van der Waals surface area contributed by atoms with E-state index in [4.69, 9.17) is 9.97 Å². The Morgan fingerprint density at radius 3 is 2.39 bits per heavy atom. The highest BCUT2D eigenvalue weighted by molar-refractivity contribution is 6.27. The maximum atomic E-state index is 13.2. The normalized spacial score (nSPS) is 12.4. The number of ketones is 1. The predicted octanol–water partition coefficient (Wildman–Crippen LogP) is 5.06. The van der Waals surface area contributed by atoms with Gasteiger partial charge in [0.15, 0.2) is 0 Å². The lowest BCUT2D eigenvalue weighted by Crippen LogP contribution is -2.14. The van der Waals surface area contributed by atoms with Crippen LogP contribution in [0.5, 0.6) is 0 Å². The molecule has 2 aromatic carbocycles. The van der Waals surface area contributed by atoms with E-state index in [2.05, 4.69) is 11.1 Å². The lowest BCUT2D eigenvalue weighted by Gasteiger charge is -2.19. The average Bonchev–Trinajstić information content (AvgIpc) is 2.77. The SMILES string of the molecule is O=C1c2cccnc2-c2nc(-c3ccccc3)cc3c2c1nc1ccccc13. The van der Waals surface area contributed by atoms with Crippen LogP contribution in [0.3, 0.4) is 0 Å². The number of nitrogens with zero attached hydrogens (tertiary/aromatic N) is 3. The van der Waals surface area contributed by atoms with Crippen molar-refractivity contribution in [1.82, 2.24) is 15.0 Å². The molecule has 3 aromatic heterocycles. The molecule has 0 aliphatic heterocycles. The first-order chi connectivity index (χ1) is 13.8. The van der Waals surface area contributed by atoms with Gasteiger partial charge in [0.2, 0.25) is 5.78 Å². The Kier molecular flexibility index (Phi) is 3.00. The van der Waals surface area contributed by atoms with Gasteiger partial charge in [-0.2, -0.15) is 0 Å². The molecule has 0 amide bonds. The lowest BCUT2D eigenvalue weighted by atomic mass is 9.89. The fourth-order valence-electron chi connectivity index (χ4n) is 3.97. The van der Waals surface area contributed by atoms with Crippen LogP contribution in [-0.4, -0.2) is 20.7 Å². The van der Waals surface area contributed by atoms with Crippen LogP contribution in [0.25, 0.3) is 44.3 Å². The Labute approximate surface area is 160 Å². The summed E-state index contributed by atoms with van der Waals surface area (Å²) in [7, 11) is 0. The largest absolute Gasteiger partial charge is 0.287 e. The zero-order valence-electron chi connectivity index (χ0n) is 14.8. The van der Waals surface area contributed by atoms with Crippen LogP contribution in [0.15, 0.2) is 79.0 Å². The second-order valence-corrected chi connectivity index (χ2v) is 6.85. The number of carbonyl (C=O) groups is 1. The van der Waals surface area contributed by atoms with Gasteiger partial charge in [-0.05, 0) is 29.7 Å². The molecule has 3 heterocycles. The summed E-state index contributed by atoms with van der Waals surface area (Å²) in [5.41, 5.74) is 5.04. The zero-order chi connectivity index (χ0) is 18.7. The van der Waals surface area contributed by atoms with Crippen molar-refractivity contribution in [2.45, 2.75) is 0 Å². The molecule has 0 saturated carbocycles. The summed E-state index contributed by atoms with van der Waals surface area (Å²) in [4.78, 5) is 27.3. The van der Waals surface area contributed by atoms with Crippen molar-refractivity contribution in [3.8, 4) is 22.6 Å². The Hall–Kier alpha value is -3.92. The predicted molar refractivity (Wildman–Crippen MR) is 109 cm³/mol. The Balaban J connectivity index is 1.85. The van der Waals surface area contributed by atoms with Crippen LogP contribution in [0.2, 0.25) is 0 Å². The third-order valence-electron chi connectivity index (χ3n) is 5.24. The van der Waals surface area contributed by atoms with Crippen molar-refractivity contribution in [1.29, 1.82) is 0 Å². The minimum Gasteiger partial charge on any atom is -0.287 e. The summed E-state index contributed by atoms with van der Waals surface area (Å²) in [6, 6.07) is 23.6. The van der Waals surface area contributed by atoms with E-state index in [1.807, 2.05) is 54.6 Å². The van der Waals surface area contributed by atoms with Gasteiger partial charge in [0.05, 0.1) is 16.8 Å². The quantitative estimate of drug-likeness (QED) is 0.385. The third kappa shape index (κ3) is 2.00. The molecule has 0 bridgehead atoms. The van der Waals surface area contributed by atoms with E-state index in [-0.39, 0.29) is 5.78 Å². The molecule has 1 aliphatic carbocycles. The number of benzene rings is 2. The molecule has 130 valence electrons. The van der Waals surface area contributed by atoms with Crippen LogP contribution < -0.4 is 0 Å². The number of hydrogen-bond donors (Lipinski definition) is 0. The monoisotopic (exact) mass is 359 g/mol. The molecule has 0 atom stereocenters. The highest BCUT2D eigenvalue weighted by atomic mass is 16.1. The number of fused-ring (bicyclic) bond motifs is 4. The average molecular weight is 359 g/mol. The number of carbonyl (C=O) groups excluding carboxylic acids is 1. The van der Waals surface area contributed by atoms with E-state index < -0.39 is 0 Å². The molecule has 0 unspecified atom stereocenters. The van der Waals surface area contributed by atoms with Crippen molar-refractivity contribution in [3.63, 3.8) is 0 Å². The first-order valence-corrected chi connectivity index (χ1v) is 9.10. The molecule has 4 nitrogen and oxygen atoms in total. The topological polar surface area (TPSA) is 55.7 Å². The summed E-state index contributed by atoms with van der Waals surface area (Å²) in [6.07, 6.45) is 1.70. The molecule has 0 fully saturated rings. The number of pyridine rings is 3. The minimum absolute atomic E-state index is 0.0967. The maximum absolute atomic E-state index is 13.2.